The molecule has 0 saturated carbocycles. The molecule has 6 heteroatoms. The van der Waals surface area contributed by atoms with E-state index >= 15 is 0 Å². The van der Waals surface area contributed by atoms with Gasteiger partial charge in [0.25, 0.3) is 0 Å². The van der Waals surface area contributed by atoms with Gasteiger partial charge in [0.05, 0.1) is 6.54 Å². The van der Waals surface area contributed by atoms with Gasteiger partial charge in [-0.1, -0.05) is 0 Å². The van der Waals surface area contributed by atoms with Crippen molar-refractivity contribution in [2.75, 3.05) is 12.3 Å². The van der Waals surface area contributed by atoms with Crippen LogP contribution in [0.3, 0.4) is 0 Å². The second-order valence-electron chi connectivity index (χ2n) is 5.55. The van der Waals surface area contributed by atoms with Crippen molar-refractivity contribution in [2.45, 2.75) is 39.3 Å². The summed E-state index contributed by atoms with van der Waals surface area (Å²) >= 11 is 0. The number of halogens is 2. The standard InChI is InChI=1S/C14H20F2N2O2/c1-8(18-7-11(19)20-14(2,3)4)12-10(17)6-5-9(15)13(12)16/h5-6,8,18H,7,17H2,1-4H3. The molecule has 0 bridgehead atoms. The van der Waals surface area contributed by atoms with E-state index in [-0.39, 0.29) is 17.8 Å². The zero-order valence-electron chi connectivity index (χ0n) is 12.1. The molecular formula is C14H20F2N2O2. The van der Waals surface area contributed by atoms with E-state index in [2.05, 4.69) is 5.32 Å². The molecule has 0 aliphatic rings. The van der Waals surface area contributed by atoms with Gasteiger partial charge in [0.15, 0.2) is 11.6 Å². The van der Waals surface area contributed by atoms with Crippen LogP contribution in [0.5, 0.6) is 0 Å². The highest BCUT2D eigenvalue weighted by Gasteiger charge is 2.20. The van der Waals surface area contributed by atoms with E-state index in [9.17, 15) is 13.6 Å². The first kappa shape index (κ1) is 16.4. The molecule has 1 aromatic carbocycles. The van der Waals surface area contributed by atoms with E-state index in [4.69, 9.17) is 10.5 Å². The average molecular weight is 286 g/mol. The van der Waals surface area contributed by atoms with Crippen molar-refractivity contribution in [1.82, 2.24) is 5.32 Å². The Morgan fingerprint density at radius 2 is 2.00 bits per heavy atom. The molecule has 0 aliphatic carbocycles. The van der Waals surface area contributed by atoms with Crippen LogP contribution in [-0.4, -0.2) is 18.1 Å². The molecule has 3 N–H and O–H groups in total. The van der Waals surface area contributed by atoms with Gasteiger partial charge < -0.3 is 15.8 Å². The van der Waals surface area contributed by atoms with E-state index in [1.807, 2.05) is 0 Å². The Hall–Kier alpha value is -1.69. The Morgan fingerprint density at radius 3 is 2.55 bits per heavy atom. The third-order valence-corrected chi connectivity index (χ3v) is 2.57. The number of carbonyl (C=O) groups excluding carboxylic acids is 1. The lowest BCUT2D eigenvalue weighted by Gasteiger charge is -2.21. The fraction of sp³-hybridized carbons (Fsp3) is 0.500. The zero-order chi connectivity index (χ0) is 15.5. The normalized spacial score (nSPS) is 13.1. The fourth-order valence-corrected chi connectivity index (χ4v) is 1.74. The number of rotatable bonds is 4. The second kappa shape index (κ2) is 6.17. The first-order valence-corrected chi connectivity index (χ1v) is 6.30. The number of benzene rings is 1. The van der Waals surface area contributed by atoms with Crippen LogP contribution in [0.25, 0.3) is 0 Å². The number of ether oxygens (including phenoxy) is 1. The van der Waals surface area contributed by atoms with Crippen LogP contribution in [-0.2, 0) is 9.53 Å². The summed E-state index contributed by atoms with van der Waals surface area (Å²) in [6.45, 7) is 6.72. The fourth-order valence-electron chi connectivity index (χ4n) is 1.74. The number of esters is 1. The van der Waals surface area contributed by atoms with Gasteiger partial charge >= 0.3 is 5.97 Å². The number of hydrogen-bond donors (Lipinski definition) is 2. The van der Waals surface area contributed by atoms with Crippen LogP contribution in [0.4, 0.5) is 14.5 Å². The van der Waals surface area contributed by atoms with E-state index < -0.39 is 29.2 Å². The molecule has 4 nitrogen and oxygen atoms in total. The number of nitrogen functional groups attached to an aromatic ring is 1. The third-order valence-electron chi connectivity index (χ3n) is 2.57. The summed E-state index contributed by atoms with van der Waals surface area (Å²) in [7, 11) is 0. The van der Waals surface area contributed by atoms with E-state index in [1.165, 1.54) is 6.07 Å². The van der Waals surface area contributed by atoms with Gasteiger partial charge in [-0.15, -0.1) is 0 Å². The van der Waals surface area contributed by atoms with E-state index in [1.54, 1.807) is 27.7 Å². The quantitative estimate of drug-likeness (QED) is 0.659. The summed E-state index contributed by atoms with van der Waals surface area (Å²) in [6.07, 6.45) is 0. The van der Waals surface area contributed by atoms with Crippen LogP contribution in [0, 0.1) is 11.6 Å². The Balaban J connectivity index is 2.71. The van der Waals surface area contributed by atoms with Crippen molar-refractivity contribution in [3.63, 3.8) is 0 Å². The highest BCUT2D eigenvalue weighted by molar-refractivity contribution is 5.72. The average Bonchev–Trinajstić information content (AvgIpc) is 2.30. The van der Waals surface area contributed by atoms with Gasteiger partial charge in [0, 0.05) is 17.3 Å². The van der Waals surface area contributed by atoms with Crippen molar-refractivity contribution in [3.05, 3.63) is 29.3 Å². The minimum Gasteiger partial charge on any atom is -0.459 e. The predicted molar refractivity (Wildman–Crippen MR) is 73.0 cm³/mol. The molecule has 1 rings (SSSR count). The molecular weight excluding hydrogens is 266 g/mol. The number of anilines is 1. The van der Waals surface area contributed by atoms with Gasteiger partial charge in [-0.3, -0.25) is 4.79 Å². The van der Waals surface area contributed by atoms with E-state index in [0.29, 0.717) is 0 Å². The monoisotopic (exact) mass is 286 g/mol. The third kappa shape index (κ3) is 4.45. The van der Waals surface area contributed by atoms with Gasteiger partial charge in [0.2, 0.25) is 0 Å². The topological polar surface area (TPSA) is 64.3 Å². The molecule has 1 unspecified atom stereocenters. The van der Waals surface area contributed by atoms with Gasteiger partial charge in [-0.25, -0.2) is 8.78 Å². The lowest BCUT2D eigenvalue weighted by Crippen LogP contribution is -2.33. The molecule has 0 fully saturated rings. The van der Waals surface area contributed by atoms with Crippen molar-refractivity contribution >= 4 is 11.7 Å². The van der Waals surface area contributed by atoms with Gasteiger partial charge in [-0.2, -0.15) is 0 Å². The number of nitrogens with two attached hydrogens (primary N) is 1. The Morgan fingerprint density at radius 1 is 1.40 bits per heavy atom. The molecule has 0 radical (unpaired) electrons. The van der Waals surface area contributed by atoms with Crippen LogP contribution < -0.4 is 11.1 Å². The largest absolute Gasteiger partial charge is 0.459 e. The zero-order valence-corrected chi connectivity index (χ0v) is 12.1. The molecule has 112 valence electrons. The van der Waals surface area contributed by atoms with Gasteiger partial charge in [-0.05, 0) is 39.8 Å². The summed E-state index contributed by atoms with van der Waals surface area (Å²) in [5.41, 5.74) is 5.18. The van der Waals surface area contributed by atoms with Crippen LogP contribution in [0.1, 0.15) is 39.3 Å². The molecule has 0 aliphatic heterocycles. The van der Waals surface area contributed by atoms with Crippen molar-refractivity contribution in [1.29, 1.82) is 0 Å². The Labute approximate surface area is 117 Å². The van der Waals surface area contributed by atoms with E-state index in [0.717, 1.165) is 6.07 Å². The minimum absolute atomic E-state index is 0.00792. The summed E-state index contributed by atoms with van der Waals surface area (Å²) < 4.78 is 32.0. The lowest BCUT2D eigenvalue weighted by atomic mass is 10.1. The molecule has 0 amide bonds. The maximum absolute atomic E-state index is 13.7. The van der Waals surface area contributed by atoms with Crippen LogP contribution in [0.15, 0.2) is 12.1 Å². The molecule has 0 saturated heterocycles. The SMILES string of the molecule is CC(NCC(=O)OC(C)(C)C)c1c(N)ccc(F)c1F. The highest BCUT2D eigenvalue weighted by atomic mass is 19.2. The first-order valence-electron chi connectivity index (χ1n) is 6.30. The summed E-state index contributed by atoms with van der Waals surface area (Å²) in [5.74, 6) is -2.45. The minimum atomic E-state index is -1.01. The number of nitrogens with one attached hydrogen (secondary N) is 1. The number of hydrogen-bond acceptors (Lipinski definition) is 4. The molecule has 20 heavy (non-hydrogen) atoms. The second-order valence-corrected chi connectivity index (χ2v) is 5.55. The van der Waals surface area contributed by atoms with Crippen molar-refractivity contribution in [2.24, 2.45) is 0 Å². The molecule has 1 aromatic rings. The summed E-state index contributed by atoms with van der Waals surface area (Å²) in [4.78, 5) is 11.5. The Bertz CT molecular complexity index is 499. The highest BCUT2D eigenvalue weighted by Crippen LogP contribution is 2.25. The van der Waals surface area contributed by atoms with Gasteiger partial charge in [0.1, 0.15) is 5.60 Å². The lowest BCUT2D eigenvalue weighted by molar-refractivity contribution is -0.153. The predicted octanol–water partition coefficient (Wildman–Crippen LogP) is 2.54. The summed E-state index contributed by atoms with van der Waals surface area (Å²) in [5, 5.41) is 2.77. The Kier molecular flexibility index (Phi) is 5.05. The molecule has 0 heterocycles. The smallest absolute Gasteiger partial charge is 0.320 e. The van der Waals surface area contributed by atoms with Crippen LogP contribution in [0.2, 0.25) is 0 Å². The van der Waals surface area contributed by atoms with Crippen molar-refractivity contribution in [3.8, 4) is 0 Å². The van der Waals surface area contributed by atoms with Crippen LogP contribution >= 0.6 is 0 Å². The molecule has 1 atom stereocenters. The van der Waals surface area contributed by atoms with Crippen molar-refractivity contribution < 1.29 is 18.3 Å². The maximum atomic E-state index is 13.7. The summed E-state index contributed by atoms with van der Waals surface area (Å²) in [6, 6.07) is 1.65. The number of carbonyl (C=O) groups is 1. The molecule has 0 spiro atoms. The first-order chi connectivity index (χ1) is 9.11. The maximum Gasteiger partial charge on any atom is 0.320 e. The molecule has 0 aromatic heterocycles.